The van der Waals surface area contributed by atoms with Crippen LogP contribution >= 0.6 is 0 Å². The van der Waals surface area contributed by atoms with Crippen LogP contribution in [-0.2, 0) is 4.79 Å². The minimum Gasteiger partial charge on any atom is -0.426 e. The summed E-state index contributed by atoms with van der Waals surface area (Å²) >= 11 is 0. The zero-order chi connectivity index (χ0) is 24.1. The van der Waals surface area contributed by atoms with E-state index < -0.39 is 5.97 Å². The quantitative estimate of drug-likeness (QED) is 0.405. The molecular weight excluding hydrogens is 430 g/mol. The average molecular weight is 462 g/mol. The van der Waals surface area contributed by atoms with Crippen molar-refractivity contribution in [3.63, 3.8) is 0 Å². The first kappa shape index (κ1) is 23.5. The number of aromatic nitrogens is 2. The number of hydrogen-bond acceptors (Lipinski definition) is 7. The van der Waals surface area contributed by atoms with E-state index in [2.05, 4.69) is 10.6 Å². The Hall–Kier alpha value is -3.68. The molecule has 3 aromatic rings. The molecule has 4 rings (SSSR count). The maximum atomic E-state index is 12.7. The van der Waals surface area contributed by atoms with E-state index >= 15 is 0 Å². The van der Waals surface area contributed by atoms with Crippen LogP contribution in [-0.4, -0.2) is 48.5 Å². The number of carbonyl (C=O) groups excluding carboxylic acids is 2. The monoisotopic (exact) mass is 461 g/mol. The van der Waals surface area contributed by atoms with Crippen molar-refractivity contribution in [2.24, 2.45) is 5.92 Å². The number of anilines is 2. The van der Waals surface area contributed by atoms with Gasteiger partial charge in [0.25, 0.3) is 5.91 Å². The van der Waals surface area contributed by atoms with Crippen LogP contribution in [0.15, 0.2) is 48.5 Å². The van der Waals surface area contributed by atoms with Crippen molar-refractivity contribution in [3.8, 4) is 5.75 Å². The number of benzene rings is 2. The molecule has 1 saturated carbocycles. The summed E-state index contributed by atoms with van der Waals surface area (Å²) in [5.74, 6) is 1.57. The third kappa shape index (κ3) is 5.62. The zero-order valence-corrected chi connectivity index (χ0v) is 19.9. The van der Waals surface area contributed by atoms with Crippen LogP contribution < -0.4 is 20.3 Å². The van der Waals surface area contributed by atoms with Crippen LogP contribution in [0.2, 0.25) is 0 Å². The van der Waals surface area contributed by atoms with Crippen LogP contribution in [0, 0.1) is 5.92 Å². The Bertz CT molecular complexity index is 1170. The molecule has 34 heavy (non-hydrogen) atoms. The van der Waals surface area contributed by atoms with Crippen molar-refractivity contribution in [1.82, 2.24) is 15.3 Å². The molecule has 2 aromatic carbocycles. The number of carbonyl (C=O) groups is 2. The van der Waals surface area contributed by atoms with Crippen molar-refractivity contribution < 1.29 is 14.3 Å². The number of esters is 1. The van der Waals surface area contributed by atoms with Crippen molar-refractivity contribution in [3.05, 3.63) is 54.1 Å². The summed E-state index contributed by atoms with van der Waals surface area (Å²) in [5.41, 5.74) is 1.30. The highest BCUT2D eigenvalue weighted by molar-refractivity contribution is 5.97. The van der Waals surface area contributed by atoms with Crippen molar-refractivity contribution in [2.45, 2.75) is 38.6 Å². The molecule has 0 aliphatic heterocycles. The maximum Gasteiger partial charge on any atom is 0.308 e. The van der Waals surface area contributed by atoms with Gasteiger partial charge in [0.15, 0.2) is 0 Å². The number of hydrogen-bond donors (Lipinski definition) is 2. The lowest BCUT2D eigenvalue weighted by Crippen LogP contribution is -2.34. The minimum atomic E-state index is -0.445. The van der Waals surface area contributed by atoms with E-state index in [0.29, 0.717) is 30.0 Å². The predicted molar refractivity (Wildman–Crippen MR) is 133 cm³/mol. The molecule has 1 aliphatic rings. The molecule has 2 N–H and O–H groups in total. The molecule has 1 aliphatic carbocycles. The van der Waals surface area contributed by atoms with Gasteiger partial charge in [-0.25, -0.2) is 4.98 Å². The van der Waals surface area contributed by atoms with Gasteiger partial charge in [0, 0.05) is 39.0 Å². The van der Waals surface area contributed by atoms with Crippen molar-refractivity contribution in [1.29, 1.82) is 0 Å². The molecule has 0 saturated heterocycles. The number of rotatable bonds is 7. The smallest absolute Gasteiger partial charge is 0.308 e. The van der Waals surface area contributed by atoms with Crippen LogP contribution in [0.3, 0.4) is 0 Å². The highest BCUT2D eigenvalue weighted by Crippen LogP contribution is 2.28. The van der Waals surface area contributed by atoms with Gasteiger partial charge < -0.3 is 20.3 Å². The standard InChI is InChI=1S/C26H31N5O3/c1-17(32)34-23-11-7-5-9-21(23)25(33)27-16-18-12-14-19(15-13-18)28-26-29-22-10-6-4-8-20(22)24(30-26)31(2)3/h4-11,18-19H,12-16H2,1-3H3,(H,27,33)(H,28,29,30)/t18-,19+. The molecule has 0 atom stereocenters. The van der Waals surface area contributed by atoms with Crippen LogP contribution in [0.4, 0.5) is 11.8 Å². The highest BCUT2D eigenvalue weighted by atomic mass is 16.5. The molecule has 0 radical (unpaired) electrons. The fourth-order valence-electron chi connectivity index (χ4n) is 4.39. The van der Waals surface area contributed by atoms with E-state index in [9.17, 15) is 9.59 Å². The lowest BCUT2D eigenvalue weighted by Gasteiger charge is -2.29. The van der Waals surface area contributed by atoms with Gasteiger partial charge >= 0.3 is 5.97 Å². The van der Waals surface area contributed by atoms with Gasteiger partial charge in [0.1, 0.15) is 11.6 Å². The van der Waals surface area contributed by atoms with Gasteiger partial charge in [-0.1, -0.05) is 24.3 Å². The summed E-state index contributed by atoms with van der Waals surface area (Å²) in [6, 6.07) is 15.1. The molecule has 1 aromatic heterocycles. The lowest BCUT2D eigenvalue weighted by atomic mass is 9.86. The second kappa shape index (κ2) is 10.5. The summed E-state index contributed by atoms with van der Waals surface area (Å²) in [6.07, 6.45) is 3.96. The van der Waals surface area contributed by atoms with Crippen LogP contribution in [0.1, 0.15) is 43.0 Å². The molecule has 0 unspecified atom stereocenters. The third-order valence-electron chi connectivity index (χ3n) is 6.12. The second-order valence-electron chi connectivity index (χ2n) is 8.94. The van der Waals surface area contributed by atoms with Crippen molar-refractivity contribution >= 4 is 34.5 Å². The van der Waals surface area contributed by atoms with E-state index in [1.165, 1.54) is 6.92 Å². The SMILES string of the molecule is CC(=O)Oc1ccccc1C(=O)NC[C@H]1CC[C@@H](Nc2nc(N(C)C)c3ccccc3n2)CC1. The summed E-state index contributed by atoms with van der Waals surface area (Å²) < 4.78 is 5.16. The third-order valence-corrected chi connectivity index (χ3v) is 6.12. The molecule has 1 heterocycles. The van der Waals surface area contributed by atoms with Gasteiger partial charge in [-0.2, -0.15) is 4.98 Å². The molecule has 0 spiro atoms. The van der Waals surface area contributed by atoms with E-state index in [1.54, 1.807) is 24.3 Å². The Labute approximate surface area is 199 Å². The topological polar surface area (TPSA) is 96.5 Å². The predicted octanol–water partition coefficient (Wildman–Crippen LogP) is 4.02. The normalized spacial score (nSPS) is 17.7. The second-order valence-corrected chi connectivity index (χ2v) is 8.94. The van der Waals surface area contributed by atoms with Gasteiger partial charge in [-0.05, 0) is 55.9 Å². The number of ether oxygens (including phenoxy) is 1. The summed E-state index contributed by atoms with van der Waals surface area (Å²) in [5, 5.41) is 7.56. The number of para-hydroxylation sites is 2. The van der Waals surface area contributed by atoms with Crippen LogP contribution in [0.5, 0.6) is 5.75 Å². The lowest BCUT2D eigenvalue weighted by molar-refractivity contribution is -0.131. The first-order chi connectivity index (χ1) is 16.4. The van der Waals surface area contributed by atoms with E-state index in [1.807, 2.05) is 43.3 Å². The maximum absolute atomic E-state index is 12.7. The molecule has 1 fully saturated rings. The number of nitrogens with one attached hydrogen (secondary N) is 2. The molecule has 178 valence electrons. The Balaban J connectivity index is 1.31. The van der Waals surface area contributed by atoms with E-state index in [4.69, 9.17) is 14.7 Å². The van der Waals surface area contributed by atoms with Crippen molar-refractivity contribution in [2.75, 3.05) is 30.9 Å². The number of fused-ring (bicyclic) bond motifs is 1. The number of nitrogens with zero attached hydrogens (tertiary/aromatic N) is 3. The highest BCUT2D eigenvalue weighted by Gasteiger charge is 2.23. The molecule has 0 bridgehead atoms. The molecule has 1 amide bonds. The first-order valence-corrected chi connectivity index (χ1v) is 11.7. The Morgan fingerprint density at radius 1 is 1.00 bits per heavy atom. The largest absolute Gasteiger partial charge is 0.426 e. The number of amides is 1. The fraction of sp³-hybridized carbons (Fsp3) is 0.385. The van der Waals surface area contributed by atoms with E-state index in [0.717, 1.165) is 42.4 Å². The first-order valence-electron chi connectivity index (χ1n) is 11.7. The van der Waals surface area contributed by atoms with E-state index in [-0.39, 0.29) is 11.7 Å². The molecular formula is C26H31N5O3. The Kier molecular flexibility index (Phi) is 7.25. The minimum absolute atomic E-state index is 0.224. The Morgan fingerprint density at radius 3 is 2.44 bits per heavy atom. The summed E-state index contributed by atoms with van der Waals surface area (Å²) in [7, 11) is 3.98. The molecule has 8 nitrogen and oxygen atoms in total. The zero-order valence-electron chi connectivity index (χ0n) is 19.9. The summed E-state index contributed by atoms with van der Waals surface area (Å²) in [6.45, 7) is 1.92. The van der Waals surface area contributed by atoms with Crippen LogP contribution in [0.25, 0.3) is 10.9 Å². The fourth-order valence-corrected chi connectivity index (χ4v) is 4.39. The van der Waals surface area contributed by atoms with Gasteiger partial charge in [0.2, 0.25) is 5.95 Å². The average Bonchev–Trinajstić information content (AvgIpc) is 2.83. The van der Waals surface area contributed by atoms with Gasteiger partial charge in [-0.15, -0.1) is 0 Å². The molecule has 8 heteroatoms. The summed E-state index contributed by atoms with van der Waals surface area (Å²) in [4.78, 5) is 35.4. The Morgan fingerprint density at radius 2 is 1.71 bits per heavy atom. The van der Waals surface area contributed by atoms with Gasteiger partial charge in [0.05, 0.1) is 11.1 Å². The van der Waals surface area contributed by atoms with Gasteiger partial charge in [-0.3, -0.25) is 9.59 Å².